The number of methoxy groups -OCH3 is 3. The maximum absolute atomic E-state index is 13.3. The molecule has 1 aliphatic carbocycles. The monoisotopic (exact) mass is 562 g/mol. The molecule has 3 N–H and O–H groups in total. The van der Waals surface area contributed by atoms with E-state index in [4.69, 9.17) is 24.7 Å². The summed E-state index contributed by atoms with van der Waals surface area (Å²) in [5.74, 6) is -2.22. The highest BCUT2D eigenvalue weighted by molar-refractivity contribution is 6.52. The number of rotatable bonds is 4. The van der Waals surface area contributed by atoms with Crippen LogP contribution in [0.5, 0.6) is 0 Å². The lowest BCUT2D eigenvalue weighted by molar-refractivity contribution is -0.120. The fourth-order valence-electron chi connectivity index (χ4n) is 5.16. The summed E-state index contributed by atoms with van der Waals surface area (Å²) in [4.78, 5) is 54.7. The number of nitrogens with two attached hydrogens (primary N) is 1. The summed E-state index contributed by atoms with van der Waals surface area (Å²) in [6.07, 6.45) is 0.376. The van der Waals surface area contributed by atoms with Crippen molar-refractivity contribution < 1.29 is 43.2 Å². The average Bonchev–Trinajstić information content (AvgIpc) is 2.90. The van der Waals surface area contributed by atoms with Crippen molar-refractivity contribution >= 4 is 29.3 Å². The quantitative estimate of drug-likeness (QED) is 0.490. The van der Waals surface area contributed by atoms with Gasteiger partial charge in [0, 0.05) is 31.3 Å². The van der Waals surface area contributed by atoms with E-state index in [2.05, 4.69) is 4.99 Å². The third-order valence-electron chi connectivity index (χ3n) is 7.34. The molecule has 2 rings (SSSR count). The Labute approximate surface area is 235 Å². The van der Waals surface area contributed by atoms with Gasteiger partial charge in [-0.05, 0) is 51.0 Å². The molecule has 0 saturated heterocycles. The number of primary amides is 1. The molecule has 0 unspecified atom stereocenters. The maximum Gasteiger partial charge on any atom is 0.405 e. The smallest absolute Gasteiger partial charge is 0.405 e. The number of amides is 2. The second kappa shape index (κ2) is 15.0. The highest BCUT2D eigenvalue weighted by Crippen LogP contribution is 2.29. The van der Waals surface area contributed by atoms with Gasteiger partial charge in [0.25, 0.3) is 5.91 Å². The second-order valence-electron chi connectivity index (χ2n) is 10.5. The third kappa shape index (κ3) is 8.42. The molecule has 11 heteroatoms. The predicted octanol–water partition coefficient (Wildman–Crippen LogP) is 2.99. The van der Waals surface area contributed by atoms with E-state index in [9.17, 15) is 24.3 Å². The first-order valence-electron chi connectivity index (χ1n) is 13.4. The SMILES string of the molecule is COC1=C2C[C@@H](C)C[C@H](OC)[C@H](O)[C@@H](C)/C=C(\C)[C@H](OC(N)=O)[C@@H](OC)CC/C=C(\C)C(=O)N=C(CC1=O)C2=O. The Balaban J connectivity index is 2.59. The number of hydrogen-bond acceptors (Lipinski definition) is 9. The van der Waals surface area contributed by atoms with Crippen LogP contribution in [0, 0.1) is 11.8 Å². The normalized spacial score (nSPS) is 32.5. The first-order valence-corrected chi connectivity index (χ1v) is 13.4. The molecule has 0 aromatic carbocycles. The highest BCUT2D eigenvalue weighted by atomic mass is 16.6. The number of Topliss-reactive ketones (excluding diaryl/α,β-unsaturated/α-hetero) is 2. The Bertz CT molecular complexity index is 1100. The summed E-state index contributed by atoms with van der Waals surface area (Å²) in [6.45, 7) is 7.01. The summed E-state index contributed by atoms with van der Waals surface area (Å²) < 4.78 is 21.9. The van der Waals surface area contributed by atoms with E-state index < -0.39 is 53.9 Å². The van der Waals surface area contributed by atoms with Gasteiger partial charge in [0.2, 0.25) is 11.6 Å². The molecule has 0 aromatic heterocycles. The minimum absolute atomic E-state index is 0.0334. The van der Waals surface area contributed by atoms with Crippen molar-refractivity contribution in [3.05, 3.63) is 34.6 Å². The first-order chi connectivity index (χ1) is 18.8. The average molecular weight is 563 g/mol. The van der Waals surface area contributed by atoms with E-state index in [0.717, 1.165) is 0 Å². The molecule has 0 aromatic rings. The van der Waals surface area contributed by atoms with Crippen LogP contribution >= 0.6 is 0 Å². The van der Waals surface area contributed by atoms with Crippen LogP contribution in [0.4, 0.5) is 4.79 Å². The lowest BCUT2D eigenvalue weighted by atomic mass is 9.84. The minimum atomic E-state index is -0.970. The standard InChI is InChI=1S/C29H42N2O9/c1-15-11-19-25(34)20(14-21(32)27(19)39-7)31-28(35)16(2)9-8-10-22(37-5)26(40-29(30)36)18(4)13-17(3)24(33)23(12-15)38-6/h9,13,15,17,22-24,26,33H,8,10-12,14H2,1-7H3,(H2,30,36)/b16-9+,18-13+,31-20?/t15-,17+,22+,23+,24-,26+/m1/s1. The van der Waals surface area contributed by atoms with Crippen LogP contribution in [0.1, 0.15) is 59.8 Å². The number of ketones is 2. The van der Waals surface area contributed by atoms with Gasteiger partial charge in [-0.15, -0.1) is 0 Å². The van der Waals surface area contributed by atoms with Gasteiger partial charge >= 0.3 is 6.09 Å². The lowest BCUT2D eigenvalue weighted by Gasteiger charge is -2.30. The second-order valence-corrected chi connectivity index (χ2v) is 10.5. The van der Waals surface area contributed by atoms with Gasteiger partial charge in [-0.25, -0.2) is 9.79 Å². The number of carbonyl (C=O) groups is 4. The zero-order valence-corrected chi connectivity index (χ0v) is 24.4. The Morgan fingerprint density at radius 1 is 1.07 bits per heavy atom. The first kappa shape index (κ1) is 33.1. The fourth-order valence-corrected chi connectivity index (χ4v) is 5.16. The number of carbonyl (C=O) groups excluding carboxylic acids is 4. The molecule has 0 saturated carbocycles. The van der Waals surface area contributed by atoms with E-state index in [0.29, 0.717) is 24.8 Å². The topological polar surface area (TPSA) is 164 Å². The van der Waals surface area contributed by atoms with Gasteiger partial charge in [-0.3, -0.25) is 14.4 Å². The molecule has 0 fully saturated rings. The van der Waals surface area contributed by atoms with Crippen LogP contribution in [-0.2, 0) is 33.3 Å². The Hall–Kier alpha value is -3.15. The van der Waals surface area contributed by atoms with Crippen LogP contribution in [0.15, 0.2) is 39.6 Å². The van der Waals surface area contributed by atoms with Crippen molar-refractivity contribution in [2.24, 2.45) is 22.6 Å². The third-order valence-corrected chi connectivity index (χ3v) is 7.34. The maximum atomic E-state index is 13.3. The van der Waals surface area contributed by atoms with Gasteiger partial charge in [0.05, 0.1) is 31.8 Å². The van der Waals surface area contributed by atoms with Crippen molar-refractivity contribution in [2.75, 3.05) is 21.3 Å². The van der Waals surface area contributed by atoms with E-state index in [1.807, 2.05) is 13.8 Å². The number of ether oxygens (including phenoxy) is 4. The summed E-state index contributed by atoms with van der Waals surface area (Å²) in [7, 11) is 4.29. The van der Waals surface area contributed by atoms with Crippen LogP contribution in [0.3, 0.4) is 0 Å². The summed E-state index contributed by atoms with van der Waals surface area (Å²) in [6, 6.07) is 0. The molecule has 0 radical (unpaired) electrons. The van der Waals surface area contributed by atoms with Crippen LogP contribution in [-0.4, -0.2) is 80.1 Å². The minimum Gasteiger partial charge on any atom is -0.493 e. The highest BCUT2D eigenvalue weighted by Gasteiger charge is 2.36. The van der Waals surface area contributed by atoms with E-state index >= 15 is 0 Å². The number of fused-ring (bicyclic) bond motifs is 2. The Morgan fingerprint density at radius 2 is 1.73 bits per heavy atom. The van der Waals surface area contributed by atoms with Gasteiger partial charge in [0.15, 0.2) is 11.9 Å². The summed E-state index contributed by atoms with van der Waals surface area (Å²) >= 11 is 0. The molecular formula is C29H42N2O9. The van der Waals surface area contributed by atoms with Gasteiger partial charge in [-0.2, -0.15) is 0 Å². The number of allylic oxidation sites excluding steroid dienone is 3. The van der Waals surface area contributed by atoms with Crippen LogP contribution in [0.2, 0.25) is 0 Å². The van der Waals surface area contributed by atoms with E-state index in [1.165, 1.54) is 21.3 Å². The Kier molecular flexibility index (Phi) is 12.4. The molecule has 1 heterocycles. The summed E-state index contributed by atoms with van der Waals surface area (Å²) in [5, 5.41) is 11.2. The van der Waals surface area contributed by atoms with E-state index in [-0.39, 0.29) is 41.4 Å². The Morgan fingerprint density at radius 3 is 2.30 bits per heavy atom. The molecule has 1 aliphatic heterocycles. The summed E-state index contributed by atoms with van der Waals surface area (Å²) in [5.41, 5.74) is 6.28. The number of hydrogen-bond donors (Lipinski definition) is 2. The molecule has 2 amide bonds. The number of aliphatic hydroxyl groups excluding tert-OH is 1. The molecule has 222 valence electrons. The number of aliphatic hydroxyl groups is 1. The van der Waals surface area contributed by atoms with Crippen molar-refractivity contribution in [1.82, 2.24) is 0 Å². The zero-order chi connectivity index (χ0) is 30.1. The molecule has 0 spiro atoms. The molecule has 2 aliphatic rings. The van der Waals surface area contributed by atoms with Gasteiger partial charge in [0.1, 0.15) is 5.71 Å². The number of nitrogens with zero attached hydrogens (tertiary/aromatic N) is 1. The molecule has 2 bridgehead atoms. The van der Waals surface area contributed by atoms with E-state index in [1.54, 1.807) is 26.0 Å². The van der Waals surface area contributed by atoms with Crippen molar-refractivity contribution in [3.8, 4) is 0 Å². The molecule has 6 atom stereocenters. The van der Waals surface area contributed by atoms with Crippen molar-refractivity contribution in [1.29, 1.82) is 0 Å². The van der Waals surface area contributed by atoms with Crippen molar-refractivity contribution in [3.63, 3.8) is 0 Å². The van der Waals surface area contributed by atoms with Crippen molar-refractivity contribution in [2.45, 2.75) is 84.2 Å². The fraction of sp³-hybridized carbons (Fsp3) is 0.621. The molecule has 40 heavy (non-hydrogen) atoms. The molecule has 11 nitrogen and oxygen atoms in total. The van der Waals surface area contributed by atoms with Gasteiger partial charge < -0.3 is 29.8 Å². The number of aliphatic imine (C=N–C) groups is 1. The van der Waals surface area contributed by atoms with Gasteiger partial charge in [-0.1, -0.05) is 26.0 Å². The predicted molar refractivity (Wildman–Crippen MR) is 147 cm³/mol. The zero-order valence-electron chi connectivity index (χ0n) is 24.4. The van der Waals surface area contributed by atoms with Crippen LogP contribution < -0.4 is 5.73 Å². The van der Waals surface area contributed by atoms with Crippen LogP contribution in [0.25, 0.3) is 0 Å². The molecular weight excluding hydrogens is 520 g/mol. The largest absolute Gasteiger partial charge is 0.493 e. The lowest BCUT2D eigenvalue weighted by Crippen LogP contribution is -2.38.